The van der Waals surface area contributed by atoms with Crippen molar-refractivity contribution in [2.75, 3.05) is 13.1 Å². The van der Waals surface area contributed by atoms with E-state index in [2.05, 4.69) is 4.74 Å². The number of halogens is 4. The molecule has 2 aromatic carbocycles. The first kappa shape index (κ1) is 20.5. The van der Waals surface area contributed by atoms with Crippen LogP contribution in [0.3, 0.4) is 0 Å². The molecule has 28 heavy (non-hydrogen) atoms. The minimum atomic E-state index is -3.00. The minimum Gasteiger partial charge on any atom is -0.433 e. The lowest BCUT2D eigenvalue weighted by atomic mass is 9.85. The fourth-order valence-corrected chi connectivity index (χ4v) is 3.52. The van der Waals surface area contributed by atoms with E-state index in [1.165, 1.54) is 30.3 Å². The third-order valence-electron chi connectivity index (χ3n) is 4.82. The summed E-state index contributed by atoms with van der Waals surface area (Å²) in [4.78, 5) is 14.2. The van der Waals surface area contributed by atoms with E-state index in [0.29, 0.717) is 32.4 Å². The van der Waals surface area contributed by atoms with Gasteiger partial charge in [-0.1, -0.05) is 23.7 Å². The molecule has 4 nitrogen and oxygen atoms in total. The van der Waals surface area contributed by atoms with Crippen molar-refractivity contribution in [2.24, 2.45) is 0 Å². The maximum atomic E-state index is 13.0. The summed E-state index contributed by atoms with van der Waals surface area (Å²) >= 11 is 5.91. The van der Waals surface area contributed by atoms with Crippen molar-refractivity contribution in [1.82, 2.24) is 4.90 Å². The number of ether oxygens (including phenoxy) is 1. The van der Waals surface area contributed by atoms with Crippen LogP contribution in [0.1, 0.15) is 28.8 Å². The Morgan fingerprint density at radius 3 is 2.39 bits per heavy atom. The number of hydrogen-bond donors (Lipinski definition) is 1. The standard InChI is InChI=1S/C20H19ClF3NO3/c21-16-11-14(3-6-17(16)28-19(23)24)18(26)25-9-7-20(27,8-10-25)12-13-1-4-15(22)5-2-13/h1-6,11,19,27H,7-10,12H2. The molecule has 8 heteroatoms. The van der Waals surface area contributed by atoms with Gasteiger partial charge in [-0.3, -0.25) is 4.79 Å². The van der Waals surface area contributed by atoms with Crippen molar-refractivity contribution in [3.05, 3.63) is 64.4 Å². The molecule has 0 aromatic heterocycles. The summed E-state index contributed by atoms with van der Waals surface area (Å²) in [6.45, 7) is -2.33. The molecule has 1 aliphatic rings. The van der Waals surface area contributed by atoms with Crippen LogP contribution in [0.15, 0.2) is 42.5 Å². The molecule has 0 bridgehead atoms. The van der Waals surface area contributed by atoms with Crippen LogP contribution in [0, 0.1) is 5.82 Å². The van der Waals surface area contributed by atoms with Crippen molar-refractivity contribution in [3.63, 3.8) is 0 Å². The average molecular weight is 414 g/mol. The number of amides is 1. The van der Waals surface area contributed by atoms with Crippen LogP contribution in [0.4, 0.5) is 13.2 Å². The van der Waals surface area contributed by atoms with E-state index in [1.54, 1.807) is 17.0 Å². The summed E-state index contributed by atoms with van der Waals surface area (Å²) in [6, 6.07) is 9.87. The van der Waals surface area contributed by atoms with Gasteiger partial charge in [0.25, 0.3) is 5.91 Å². The van der Waals surface area contributed by atoms with E-state index >= 15 is 0 Å². The van der Waals surface area contributed by atoms with E-state index < -0.39 is 12.2 Å². The molecule has 1 saturated heterocycles. The van der Waals surface area contributed by atoms with Gasteiger partial charge < -0.3 is 14.7 Å². The number of carbonyl (C=O) groups is 1. The molecule has 150 valence electrons. The lowest BCUT2D eigenvalue weighted by Crippen LogP contribution is -2.47. The molecule has 1 fully saturated rings. The Morgan fingerprint density at radius 2 is 1.82 bits per heavy atom. The first-order chi connectivity index (χ1) is 13.3. The highest BCUT2D eigenvalue weighted by Crippen LogP contribution is 2.30. The van der Waals surface area contributed by atoms with Crippen molar-refractivity contribution in [2.45, 2.75) is 31.5 Å². The maximum Gasteiger partial charge on any atom is 0.387 e. The second-order valence-electron chi connectivity index (χ2n) is 6.84. The zero-order valence-electron chi connectivity index (χ0n) is 14.9. The molecular weight excluding hydrogens is 395 g/mol. The molecule has 1 heterocycles. The van der Waals surface area contributed by atoms with E-state index in [0.717, 1.165) is 5.56 Å². The minimum absolute atomic E-state index is 0.0732. The van der Waals surface area contributed by atoms with Gasteiger partial charge in [0.2, 0.25) is 0 Å². The maximum absolute atomic E-state index is 13.0. The topological polar surface area (TPSA) is 49.8 Å². The summed E-state index contributed by atoms with van der Waals surface area (Å²) in [5.74, 6) is -0.824. The second kappa shape index (κ2) is 8.41. The van der Waals surface area contributed by atoms with Gasteiger partial charge in [-0.05, 0) is 48.7 Å². The summed E-state index contributed by atoms with van der Waals surface area (Å²) in [5.41, 5.74) is 0.113. The van der Waals surface area contributed by atoms with Crippen LogP contribution in [-0.4, -0.2) is 41.2 Å². The van der Waals surface area contributed by atoms with Gasteiger partial charge in [-0.15, -0.1) is 0 Å². The SMILES string of the molecule is O=C(c1ccc(OC(F)F)c(Cl)c1)N1CCC(O)(Cc2ccc(F)cc2)CC1. The van der Waals surface area contributed by atoms with Crippen molar-refractivity contribution >= 4 is 17.5 Å². The number of likely N-dealkylation sites (tertiary alicyclic amines) is 1. The average Bonchev–Trinajstić information content (AvgIpc) is 2.65. The molecule has 3 rings (SSSR count). The van der Waals surface area contributed by atoms with Gasteiger partial charge >= 0.3 is 6.61 Å². The third kappa shape index (κ3) is 4.97. The Bertz CT molecular complexity index is 837. The number of carbonyl (C=O) groups excluding carboxylic acids is 1. The van der Waals surface area contributed by atoms with Gasteiger partial charge in [0.05, 0.1) is 10.6 Å². The molecule has 1 N–H and O–H groups in total. The van der Waals surface area contributed by atoms with E-state index in [1.807, 2.05) is 0 Å². The van der Waals surface area contributed by atoms with Gasteiger partial charge in [0.1, 0.15) is 11.6 Å². The summed E-state index contributed by atoms with van der Waals surface area (Å²) in [7, 11) is 0. The number of benzene rings is 2. The van der Waals surface area contributed by atoms with Gasteiger partial charge in [0, 0.05) is 25.1 Å². The Kier molecular flexibility index (Phi) is 6.15. The largest absolute Gasteiger partial charge is 0.433 e. The van der Waals surface area contributed by atoms with Crippen LogP contribution in [-0.2, 0) is 6.42 Å². The molecule has 0 aliphatic carbocycles. The Balaban J connectivity index is 1.61. The normalized spacial score (nSPS) is 16.3. The molecular formula is C20H19ClF3NO3. The number of alkyl halides is 2. The molecule has 1 amide bonds. The van der Waals surface area contributed by atoms with E-state index in [-0.39, 0.29) is 28.1 Å². The monoisotopic (exact) mass is 413 g/mol. The second-order valence-corrected chi connectivity index (χ2v) is 7.25. The molecule has 0 unspecified atom stereocenters. The predicted octanol–water partition coefficient (Wildman–Crippen LogP) is 4.29. The first-order valence-corrected chi connectivity index (χ1v) is 9.14. The summed E-state index contributed by atoms with van der Waals surface area (Å²) < 4.78 is 41.9. The highest BCUT2D eigenvalue weighted by molar-refractivity contribution is 6.32. The predicted molar refractivity (Wildman–Crippen MR) is 98.3 cm³/mol. The van der Waals surface area contributed by atoms with Gasteiger partial charge in [-0.25, -0.2) is 4.39 Å². The quantitative estimate of drug-likeness (QED) is 0.795. The Hall–Kier alpha value is -2.25. The third-order valence-corrected chi connectivity index (χ3v) is 5.12. The number of nitrogens with zero attached hydrogens (tertiary/aromatic N) is 1. The lowest BCUT2D eigenvalue weighted by molar-refractivity contribution is -0.0497. The fraction of sp³-hybridized carbons (Fsp3) is 0.350. The zero-order valence-corrected chi connectivity index (χ0v) is 15.6. The van der Waals surface area contributed by atoms with Crippen LogP contribution < -0.4 is 4.74 Å². The smallest absolute Gasteiger partial charge is 0.387 e. The summed E-state index contributed by atoms with van der Waals surface area (Å²) in [5, 5.41) is 10.7. The molecule has 0 atom stereocenters. The van der Waals surface area contributed by atoms with Crippen LogP contribution in [0.25, 0.3) is 0 Å². The van der Waals surface area contributed by atoms with E-state index in [4.69, 9.17) is 11.6 Å². The van der Waals surface area contributed by atoms with Crippen molar-refractivity contribution < 1.29 is 27.8 Å². The Labute approximate surface area is 165 Å². The highest BCUT2D eigenvalue weighted by atomic mass is 35.5. The van der Waals surface area contributed by atoms with Crippen LogP contribution >= 0.6 is 11.6 Å². The number of piperidine rings is 1. The molecule has 1 aliphatic heterocycles. The zero-order chi connectivity index (χ0) is 20.3. The molecule has 0 spiro atoms. The lowest BCUT2D eigenvalue weighted by Gasteiger charge is -2.38. The van der Waals surface area contributed by atoms with Gasteiger partial charge in [0.15, 0.2) is 0 Å². The first-order valence-electron chi connectivity index (χ1n) is 8.76. The van der Waals surface area contributed by atoms with Crippen molar-refractivity contribution in [3.8, 4) is 5.75 Å². The molecule has 0 radical (unpaired) electrons. The number of rotatable bonds is 5. The van der Waals surface area contributed by atoms with Gasteiger partial charge in [-0.2, -0.15) is 8.78 Å². The fourth-order valence-electron chi connectivity index (χ4n) is 3.29. The van der Waals surface area contributed by atoms with E-state index in [9.17, 15) is 23.1 Å². The van der Waals surface area contributed by atoms with Crippen LogP contribution in [0.2, 0.25) is 5.02 Å². The number of hydrogen-bond acceptors (Lipinski definition) is 3. The number of aliphatic hydroxyl groups is 1. The Morgan fingerprint density at radius 1 is 1.18 bits per heavy atom. The summed E-state index contributed by atoms with van der Waals surface area (Å²) in [6.07, 6.45) is 1.12. The highest BCUT2D eigenvalue weighted by Gasteiger charge is 2.34. The molecule has 2 aromatic rings. The van der Waals surface area contributed by atoms with Crippen LogP contribution in [0.5, 0.6) is 5.75 Å². The molecule has 0 saturated carbocycles. The van der Waals surface area contributed by atoms with Crippen molar-refractivity contribution in [1.29, 1.82) is 0 Å².